The maximum Gasteiger partial charge on any atom is 0.118 e. The van der Waals surface area contributed by atoms with Gasteiger partial charge in [-0.05, 0) is 50.0 Å². The van der Waals surface area contributed by atoms with Crippen molar-refractivity contribution in [2.45, 2.75) is 25.4 Å². The Kier molecular flexibility index (Phi) is 5.53. The van der Waals surface area contributed by atoms with Crippen molar-refractivity contribution in [2.24, 2.45) is 13.0 Å². The fraction of sp³-hybridized carbons (Fsp3) is 0.526. The largest absolute Gasteiger partial charge is 0.497 e. The summed E-state index contributed by atoms with van der Waals surface area (Å²) in [4.78, 5) is 6.79. The first-order chi connectivity index (χ1) is 11.7. The molecule has 0 bridgehead atoms. The molecule has 0 unspecified atom stereocenters. The lowest BCUT2D eigenvalue weighted by atomic mass is 9.87. The molecular weight excluding hydrogens is 300 g/mol. The maximum atomic E-state index is 5.21. The van der Waals surface area contributed by atoms with Gasteiger partial charge in [0.2, 0.25) is 0 Å². The number of likely N-dealkylation sites (tertiary alicyclic amines) is 1. The molecule has 0 spiro atoms. The van der Waals surface area contributed by atoms with Crippen molar-refractivity contribution < 1.29 is 4.74 Å². The van der Waals surface area contributed by atoms with Crippen LogP contribution in [-0.4, -0.2) is 41.7 Å². The highest BCUT2D eigenvalue weighted by Gasteiger charge is 2.31. The van der Waals surface area contributed by atoms with Crippen LogP contribution in [-0.2, 0) is 13.6 Å². The molecule has 1 aliphatic rings. The molecule has 130 valence electrons. The summed E-state index contributed by atoms with van der Waals surface area (Å²) in [6, 6.07) is 8.72. The average molecular weight is 328 g/mol. The van der Waals surface area contributed by atoms with E-state index in [1.165, 1.54) is 24.1 Å². The Hall–Kier alpha value is -1.85. The van der Waals surface area contributed by atoms with E-state index in [1.807, 2.05) is 24.7 Å². The number of aryl methyl sites for hydroxylation is 1. The van der Waals surface area contributed by atoms with Crippen LogP contribution in [0.1, 0.15) is 30.1 Å². The van der Waals surface area contributed by atoms with E-state index < -0.39 is 0 Å². The Morgan fingerprint density at radius 1 is 1.25 bits per heavy atom. The summed E-state index contributed by atoms with van der Waals surface area (Å²) >= 11 is 0. The van der Waals surface area contributed by atoms with Gasteiger partial charge in [0.25, 0.3) is 0 Å². The number of hydrogen-bond donors (Lipinski definition) is 1. The van der Waals surface area contributed by atoms with Crippen LogP contribution in [0.2, 0.25) is 0 Å². The monoisotopic (exact) mass is 328 g/mol. The molecule has 1 aromatic carbocycles. The maximum absolute atomic E-state index is 5.21. The molecule has 1 aromatic heterocycles. The minimum atomic E-state index is 0.439. The van der Waals surface area contributed by atoms with Gasteiger partial charge in [0, 0.05) is 26.3 Å². The van der Waals surface area contributed by atoms with Crippen molar-refractivity contribution >= 4 is 0 Å². The zero-order valence-corrected chi connectivity index (χ0v) is 14.9. The molecule has 0 saturated carbocycles. The number of rotatable bonds is 6. The first kappa shape index (κ1) is 17.0. The standard InChI is InChI=1S/C19H28N4O/c1-22-10-4-5-16(19(22)18-13-21-14-23(18)2)12-20-11-15-6-8-17(24-3)9-7-15/h6-9,13-14,16,19-20H,4-5,10-12H2,1-3H3/t16-,19+/m0/s1. The highest BCUT2D eigenvalue weighted by Crippen LogP contribution is 2.34. The van der Waals surface area contributed by atoms with E-state index in [0.29, 0.717) is 12.0 Å². The summed E-state index contributed by atoms with van der Waals surface area (Å²) in [5.41, 5.74) is 2.60. The highest BCUT2D eigenvalue weighted by molar-refractivity contribution is 5.27. The first-order valence-electron chi connectivity index (χ1n) is 8.69. The number of ether oxygens (including phenoxy) is 1. The molecule has 5 nitrogen and oxygen atoms in total. The Balaban J connectivity index is 1.60. The molecule has 1 aliphatic heterocycles. The van der Waals surface area contributed by atoms with Gasteiger partial charge in [-0.1, -0.05) is 12.1 Å². The predicted molar refractivity (Wildman–Crippen MR) is 96.0 cm³/mol. The van der Waals surface area contributed by atoms with Crippen LogP contribution in [0.3, 0.4) is 0 Å². The Labute approximate surface area is 144 Å². The lowest BCUT2D eigenvalue weighted by Crippen LogP contribution is -2.41. The Bertz CT molecular complexity index is 637. The van der Waals surface area contributed by atoms with Crippen molar-refractivity contribution in [3.63, 3.8) is 0 Å². The second-order valence-electron chi connectivity index (χ2n) is 6.74. The van der Waals surface area contributed by atoms with E-state index in [1.54, 1.807) is 7.11 Å². The number of nitrogens with one attached hydrogen (secondary N) is 1. The number of methoxy groups -OCH3 is 1. The second kappa shape index (κ2) is 7.81. The molecule has 0 amide bonds. The number of benzene rings is 1. The van der Waals surface area contributed by atoms with Gasteiger partial charge in [0.1, 0.15) is 5.75 Å². The summed E-state index contributed by atoms with van der Waals surface area (Å²) in [5, 5.41) is 3.64. The lowest BCUT2D eigenvalue weighted by molar-refractivity contribution is 0.113. The smallest absolute Gasteiger partial charge is 0.118 e. The van der Waals surface area contributed by atoms with E-state index in [2.05, 4.69) is 46.0 Å². The third-order valence-electron chi connectivity index (χ3n) is 5.06. The minimum absolute atomic E-state index is 0.439. The van der Waals surface area contributed by atoms with E-state index in [9.17, 15) is 0 Å². The second-order valence-corrected chi connectivity index (χ2v) is 6.74. The van der Waals surface area contributed by atoms with Gasteiger partial charge >= 0.3 is 0 Å². The van der Waals surface area contributed by atoms with Crippen LogP contribution < -0.4 is 10.1 Å². The van der Waals surface area contributed by atoms with Crippen LogP contribution in [0.25, 0.3) is 0 Å². The van der Waals surface area contributed by atoms with Gasteiger partial charge in [-0.15, -0.1) is 0 Å². The van der Waals surface area contributed by atoms with Crippen LogP contribution in [0.4, 0.5) is 0 Å². The molecule has 2 atom stereocenters. The summed E-state index contributed by atoms with van der Waals surface area (Å²) in [6.07, 6.45) is 6.44. The molecule has 0 radical (unpaired) electrons. The number of imidazole rings is 1. The molecule has 5 heteroatoms. The fourth-order valence-electron chi connectivity index (χ4n) is 3.74. The van der Waals surface area contributed by atoms with E-state index in [-0.39, 0.29) is 0 Å². The molecule has 24 heavy (non-hydrogen) atoms. The van der Waals surface area contributed by atoms with Gasteiger partial charge in [-0.25, -0.2) is 4.98 Å². The summed E-state index contributed by atoms with van der Waals surface area (Å²) in [5.74, 6) is 1.52. The van der Waals surface area contributed by atoms with E-state index >= 15 is 0 Å². The topological polar surface area (TPSA) is 42.3 Å². The zero-order valence-electron chi connectivity index (χ0n) is 14.9. The number of piperidine rings is 1. The summed E-state index contributed by atoms with van der Waals surface area (Å²) in [6.45, 7) is 3.07. The zero-order chi connectivity index (χ0) is 16.9. The van der Waals surface area contributed by atoms with Crippen LogP contribution in [0.5, 0.6) is 5.75 Å². The number of hydrogen-bond acceptors (Lipinski definition) is 4. The average Bonchev–Trinajstić information content (AvgIpc) is 3.01. The minimum Gasteiger partial charge on any atom is -0.497 e. The lowest BCUT2D eigenvalue weighted by Gasteiger charge is -2.39. The van der Waals surface area contributed by atoms with Crippen molar-refractivity contribution in [3.8, 4) is 5.75 Å². The molecule has 2 aromatic rings. The van der Waals surface area contributed by atoms with Gasteiger partial charge < -0.3 is 14.6 Å². The van der Waals surface area contributed by atoms with Crippen LogP contribution >= 0.6 is 0 Å². The molecular formula is C19H28N4O. The van der Waals surface area contributed by atoms with E-state index in [0.717, 1.165) is 25.4 Å². The highest BCUT2D eigenvalue weighted by atomic mass is 16.5. The van der Waals surface area contributed by atoms with Crippen molar-refractivity contribution in [1.29, 1.82) is 0 Å². The van der Waals surface area contributed by atoms with Gasteiger partial charge in [0.15, 0.2) is 0 Å². The van der Waals surface area contributed by atoms with Crippen molar-refractivity contribution in [3.05, 3.63) is 48.0 Å². The van der Waals surface area contributed by atoms with Crippen LogP contribution in [0, 0.1) is 5.92 Å². The van der Waals surface area contributed by atoms with E-state index in [4.69, 9.17) is 4.74 Å². The number of nitrogens with zero attached hydrogens (tertiary/aromatic N) is 3. The quantitative estimate of drug-likeness (QED) is 0.885. The first-order valence-corrected chi connectivity index (χ1v) is 8.69. The fourth-order valence-corrected chi connectivity index (χ4v) is 3.74. The molecule has 1 saturated heterocycles. The molecule has 2 heterocycles. The Morgan fingerprint density at radius 2 is 2.04 bits per heavy atom. The normalized spacial score (nSPS) is 21.8. The van der Waals surface area contributed by atoms with Gasteiger partial charge in [-0.2, -0.15) is 0 Å². The Morgan fingerprint density at radius 3 is 2.71 bits per heavy atom. The van der Waals surface area contributed by atoms with Crippen LogP contribution in [0.15, 0.2) is 36.8 Å². The summed E-state index contributed by atoms with van der Waals surface area (Å²) < 4.78 is 7.37. The third kappa shape index (κ3) is 3.79. The van der Waals surface area contributed by atoms with Gasteiger partial charge in [0.05, 0.1) is 25.2 Å². The third-order valence-corrected chi connectivity index (χ3v) is 5.06. The summed E-state index contributed by atoms with van der Waals surface area (Å²) in [7, 11) is 6.02. The molecule has 3 rings (SSSR count). The predicted octanol–water partition coefficient (Wildman–Crippen LogP) is 2.60. The van der Waals surface area contributed by atoms with Crippen molar-refractivity contribution in [2.75, 3.05) is 27.2 Å². The molecule has 0 aliphatic carbocycles. The van der Waals surface area contributed by atoms with Gasteiger partial charge in [-0.3, -0.25) is 4.90 Å². The number of aromatic nitrogens is 2. The SMILES string of the molecule is COc1ccc(CNC[C@@H]2CCCN(C)[C@H]2c2cncn2C)cc1. The van der Waals surface area contributed by atoms with Crippen molar-refractivity contribution in [1.82, 2.24) is 19.8 Å². The molecule has 1 N–H and O–H groups in total. The molecule has 1 fully saturated rings.